The van der Waals surface area contributed by atoms with Gasteiger partial charge in [-0.15, -0.1) is 0 Å². The van der Waals surface area contributed by atoms with E-state index < -0.39 is 19.9 Å². The Morgan fingerprint density at radius 2 is 2.03 bits per heavy atom. The second-order valence-corrected chi connectivity index (χ2v) is 11.5. The molecule has 13 heteroatoms. The Hall–Kier alpha value is -1.56. The van der Waals surface area contributed by atoms with Gasteiger partial charge >= 0.3 is 5.97 Å². The molecule has 1 amide bonds. The molecule has 1 aliphatic heterocycles. The Labute approximate surface area is 213 Å². The first-order valence-corrected chi connectivity index (χ1v) is 13.6. The minimum Gasteiger partial charge on any atom is -0.462 e. The van der Waals surface area contributed by atoms with Crippen LogP contribution in [0.5, 0.6) is 0 Å². The van der Waals surface area contributed by atoms with Crippen molar-refractivity contribution >= 4 is 43.6 Å². The summed E-state index contributed by atoms with van der Waals surface area (Å²) in [4.78, 5) is 39.6. The summed E-state index contributed by atoms with van der Waals surface area (Å²) in [5.41, 5.74) is 5.16. The maximum atomic E-state index is 12.1. The summed E-state index contributed by atoms with van der Waals surface area (Å²) in [5, 5.41) is 3.05. The number of nitrogens with two attached hydrogens (primary N) is 1. The van der Waals surface area contributed by atoms with E-state index in [4.69, 9.17) is 24.3 Å². The first-order chi connectivity index (χ1) is 16.4. The molecular weight excluding hydrogens is 495 g/mol. The molecule has 200 valence electrons. The van der Waals surface area contributed by atoms with Crippen LogP contribution in [0.3, 0.4) is 0 Å². The number of amidine groups is 1. The van der Waals surface area contributed by atoms with E-state index in [0.717, 1.165) is 12.8 Å². The van der Waals surface area contributed by atoms with E-state index in [9.17, 15) is 14.4 Å². The quantitative estimate of drug-likeness (QED) is 0.0799. The van der Waals surface area contributed by atoms with Crippen molar-refractivity contribution in [1.29, 1.82) is 0 Å². The zero-order valence-corrected chi connectivity index (χ0v) is 23.1. The van der Waals surface area contributed by atoms with Crippen molar-refractivity contribution < 1.29 is 32.9 Å². The first kappa shape index (κ1) is 31.5. The summed E-state index contributed by atoms with van der Waals surface area (Å²) in [5.74, 6) is 0.184. The standard InChI is InChI=1S/C22H39N4O7PS/c1-16(2)32-20(28)13-25-34(30-11-12-35-21(29)22(3,4)5)31-14-17-7-8-19(33-17)26(6)10-9-18(23)24-15-27/h9-10,15-17,19,25H,7-8,11-14H2,1-6H3,(H2,23,24,27)/b10-9-/t17?,19?,34-/m1/s1. The van der Waals surface area contributed by atoms with Crippen LogP contribution in [0.25, 0.3) is 0 Å². The Morgan fingerprint density at radius 1 is 1.31 bits per heavy atom. The van der Waals surface area contributed by atoms with Crippen molar-refractivity contribution in [1.82, 2.24) is 9.99 Å². The molecule has 0 bridgehead atoms. The smallest absolute Gasteiger partial charge is 0.320 e. The van der Waals surface area contributed by atoms with Crippen LogP contribution in [0.4, 0.5) is 0 Å². The lowest BCUT2D eigenvalue weighted by molar-refractivity contribution is -0.145. The zero-order valence-electron chi connectivity index (χ0n) is 21.4. The summed E-state index contributed by atoms with van der Waals surface area (Å²) in [6.45, 7) is 9.68. The van der Waals surface area contributed by atoms with Crippen LogP contribution in [0.1, 0.15) is 47.5 Å². The zero-order chi connectivity index (χ0) is 26.4. The summed E-state index contributed by atoms with van der Waals surface area (Å²) in [6, 6.07) is 0. The van der Waals surface area contributed by atoms with Gasteiger partial charge in [-0.1, -0.05) is 32.5 Å². The Kier molecular flexibility index (Phi) is 14.6. The van der Waals surface area contributed by atoms with E-state index in [1.165, 1.54) is 17.8 Å². The summed E-state index contributed by atoms with van der Waals surface area (Å²) >= 11 is 1.21. The highest BCUT2D eigenvalue weighted by Crippen LogP contribution is 2.35. The number of hydrogen-bond donors (Lipinski definition) is 2. The topological polar surface area (TPSA) is 142 Å². The molecule has 35 heavy (non-hydrogen) atoms. The van der Waals surface area contributed by atoms with Gasteiger partial charge in [-0.25, -0.2) is 5.09 Å². The highest BCUT2D eigenvalue weighted by Gasteiger charge is 2.29. The number of ether oxygens (including phenoxy) is 2. The molecule has 0 aromatic carbocycles. The van der Waals surface area contributed by atoms with Crippen molar-refractivity contribution in [2.45, 2.75) is 65.9 Å². The van der Waals surface area contributed by atoms with Crippen LogP contribution in [0, 0.1) is 5.41 Å². The van der Waals surface area contributed by atoms with Crippen LogP contribution >= 0.6 is 20.3 Å². The SMILES string of the molecule is CC(C)OC(=O)CN[P@](OCCSC(=O)C(C)(C)C)OCC1CCC(N(C)/C=C\C(N)=NC=O)O1. The molecule has 3 N–H and O–H groups in total. The molecule has 1 heterocycles. The van der Waals surface area contributed by atoms with E-state index in [-0.39, 0.29) is 49.1 Å². The normalized spacial score (nSPS) is 19.8. The Morgan fingerprint density at radius 3 is 2.66 bits per heavy atom. The number of thioether (sulfide) groups is 1. The minimum absolute atomic E-state index is 0.0522. The molecular formula is C22H39N4O7PS. The molecule has 1 aliphatic rings. The highest BCUT2D eigenvalue weighted by molar-refractivity contribution is 8.13. The fourth-order valence-electron chi connectivity index (χ4n) is 2.69. The van der Waals surface area contributed by atoms with Crippen molar-refractivity contribution in [3.05, 3.63) is 12.3 Å². The number of aliphatic imine (C=N–C) groups is 1. The van der Waals surface area contributed by atoms with E-state index in [0.29, 0.717) is 12.2 Å². The third-order valence-electron chi connectivity index (χ3n) is 4.46. The van der Waals surface area contributed by atoms with Crippen molar-refractivity contribution in [2.24, 2.45) is 16.1 Å². The number of carbonyl (C=O) groups excluding carboxylic acids is 3. The average Bonchev–Trinajstić information content (AvgIpc) is 3.24. The third-order valence-corrected chi connectivity index (χ3v) is 6.92. The van der Waals surface area contributed by atoms with Gasteiger partial charge in [0.1, 0.15) is 18.6 Å². The summed E-state index contributed by atoms with van der Waals surface area (Å²) < 4.78 is 22.9. The lowest BCUT2D eigenvalue weighted by atomic mass is 10.00. The number of esters is 1. The van der Waals surface area contributed by atoms with Crippen LogP contribution in [-0.2, 0) is 32.9 Å². The van der Waals surface area contributed by atoms with Gasteiger partial charge in [0.15, 0.2) is 5.12 Å². The number of amides is 1. The largest absolute Gasteiger partial charge is 0.462 e. The predicted octanol–water partition coefficient (Wildman–Crippen LogP) is 2.56. The van der Waals surface area contributed by atoms with Gasteiger partial charge in [0.2, 0.25) is 6.41 Å². The van der Waals surface area contributed by atoms with E-state index in [2.05, 4.69) is 10.1 Å². The number of nitrogens with one attached hydrogen (secondary N) is 1. The molecule has 3 atom stereocenters. The van der Waals surface area contributed by atoms with Crippen molar-refractivity contribution in [3.8, 4) is 0 Å². The maximum Gasteiger partial charge on any atom is 0.320 e. The molecule has 0 saturated carbocycles. The lowest BCUT2D eigenvalue weighted by Gasteiger charge is -2.24. The van der Waals surface area contributed by atoms with Crippen molar-refractivity contribution in [3.63, 3.8) is 0 Å². The summed E-state index contributed by atoms with van der Waals surface area (Å²) in [7, 11) is 0.249. The van der Waals surface area contributed by atoms with Gasteiger partial charge in [0, 0.05) is 24.4 Å². The Bertz CT molecular complexity index is 746. The molecule has 0 aliphatic carbocycles. The van der Waals surface area contributed by atoms with E-state index in [1.807, 2.05) is 32.7 Å². The maximum absolute atomic E-state index is 12.1. The molecule has 0 radical (unpaired) electrons. The van der Waals surface area contributed by atoms with Gasteiger partial charge in [-0.3, -0.25) is 14.4 Å². The Balaban J connectivity index is 2.54. The van der Waals surface area contributed by atoms with Gasteiger partial charge < -0.3 is 29.2 Å². The lowest BCUT2D eigenvalue weighted by Crippen LogP contribution is -2.29. The molecule has 0 spiro atoms. The van der Waals surface area contributed by atoms with Crippen molar-refractivity contribution in [2.75, 3.05) is 32.6 Å². The predicted molar refractivity (Wildman–Crippen MR) is 137 cm³/mol. The summed E-state index contributed by atoms with van der Waals surface area (Å²) in [6.07, 6.45) is 4.61. The molecule has 0 aromatic rings. The molecule has 11 nitrogen and oxygen atoms in total. The van der Waals surface area contributed by atoms with Crippen LogP contribution in [0.15, 0.2) is 17.3 Å². The third kappa shape index (κ3) is 13.9. The molecule has 1 saturated heterocycles. The molecule has 0 aromatic heterocycles. The highest BCUT2D eigenvalue weighted by atomic mass is 32.2. The fourth-order valence-corrected chi connectivity index (χ4v) is 4.67. The van der Waals surface area contributed by atoms with Gasteiger partial charge in [-0.2, -0.15) is 4.99 Å². The van der Waals surface area contributed by atoms with E-state index >= 15 is 0 Å². The number of hydrogen-bond acceptors (Lipinski definition) is 10. The monoisotopic (exact) mass is 534 g/mol. The minimum atomic E-state index is -1.59. The number of nitrogens with zero attached hydrogens (tertiary/aromatic N) is 2. The van der Waals surface area contributed by atoms with Gasteiger partial charge in [0.25, 0.3) is 8.53 Å². The molecule has 2 unspecified atom stereocenters. The van der Waals surface area contributed by atoms with Crippen LogP contribution < -0.4 is 10.8 Å². The second kappa shape index (κ2) is 16.2. The second-order valence-electron chi connectivity index (χ2n) is 9.08. The van der Waals surface area contributed by atoms with Gasteiger partial charge in [-0.05, 0) is 32.8 Å². The first-order valence-electron chi connectivity index (χ1n) is 11.4. The number of rotatable bonds is 15. The number of carbonyl (C=O) groups is 3. The van der Waals surface area contributed by atoms with Crippen LogP contribution in [-0.4, -0.2) is 79.2 Å². The van der Waals surface area contributed by atoms with Gasteiger partial charge in [0.05, 0.1) is 25.4 Å². The molecule has 1 rings (SSSR count). The molecule has 1 fully saturated rings. The average molecular weight is 535 g/mol. The fraction of sp³-hybridized carbons (Fsp3) is 0.727. The van der Waals surface area contributed by atoms with E-state index in [1.54, 1.807) is 20.0 Å². The van der Waals surface area contributed by atoms with Crippen LogP contribution in [0.2, 0.25) is 0 Å².